The fraction of sp³-hybridized carbons (Fsp3) is 0.381. The molecule has 0 aliphatic heterocycles. The average Bonchev–Trinajstić information content (AvgIpc) is 3.36. The van der Waals surface area contributed by atoms with Gasteiger partial charge in [-0.05, 0) is 12.8 Å². The first-order chi connectivity index (χ1) is 13.2. The SMILES string of the molecule is Cn1cc(CN(C(=O)c2cc(-c3ccccc3)on2)C2CCCCC2)cn1. The highest BCUT2D eigenvalue weighted by atomic mass is 16.5. The number of amides is 1. The van der Waals surface area contributed by atoms with Crippen LogP contribution in [0.2, 0.25) is 0 Å². The van der Waals surface area contributed by atoms with Gasteiger partial charge in [-0.1, -0.05) is 54.8 Å². The number of aryl methyl sites for hydroxylation is 1. The average molecular weight is 364 g/mol. The summed E-state index contributed by atoms with van der Waals surface area (Å²) in [4.78, 5) is 15.2. The zero-order chi connectivity index (χ0) is 18.6. The minimum Gasteiger partial charge on any atom is -0.355 e. The monoisotopic (exact) mass is 364 g/mol. The van der Waals surface area contributed by atoms with Gasteiger partial charge in [0.2, 0.25) is 0 Å². The van der Waals surface area contributed by atoms with Crippen LogP contribution in [0.5, 0.6) is 0 Å². The van der Waals surface area contributed by atoms with Crippen molar-refractivity contribution in [1.29, 1.82) is 0 Å². The third kappa shape index (κ3) is 3.94. The smallest absolute Gasteiger partial charge is 0.276 e. The Hall–Kier alpha value is -2.89. The lowest BCUT2D eigenvalue weighted by Gasteiger charge is -2.33. The molecule has 2 heterocycles. The molecule has 3 aromatic rings. The molecular formula is C21H24N4O2. The molecular weight excluding hydrogens is 340 g/mol. The van der Waals surface area contributed by atoms with E-state index in [1.807, 2.05) is 54.7 Å². The van der Waals surface area contributed by atoms with Crippen LogP contribution in [-0.2, 0) is 13.6 Å². The lowest BCUT2D eigenvalue weighted by molar-refractivity contribution is 0.0603. The predicted octanol–water partition coefficient (Wildman–Crippen LogP) is 4.05. The lowest BCUT2D eigenvalue weighted by atomic mass is 9.93. The summed E-state index contributed by atoms with van der Waals surface area (Å²) in [5.41, 5.74) is 2.31. The van der Waals surface area contributed by atoms with Crippen molar-refractivity contribution in [2.45, 2.75) is 44.7 Å². The van der Waals surface area contributed by atoms with Crippen LogP contribution in [0.25, 0.3) is 11.3 Å². The first kappa shape index (κ1) is 17.5. The number of hydrogen-bond donors (Lipinski definition) is 0. The maximum atomic E-state index is 13.3. The van der Waals surface area contributed by atoms with Gasteiger partial charge in [0.05, 0.1) is 6.20 Å². The number of nitrogens with zero attached hydrogens (tertiary/aromatic N) is 4. The fourth-order valence-electron chi connectivity index (χ4n) is 3.77. The molecule has 27 heavy (non-hydrogen) atoms. The third-order valence-corrected chi connectivity index (χ3v) is 5.18. The van der Waals surface area contributed by atoms with E-state index in [1.165, 1.54) is 6.42 Å². The Morgan fingerprint density at radius 1 is 1.22 bits per heavy atom. The van der Waals surface area contributed by atoms with Gasteiger partial charge in [-0.25, -0.2) is 0 Å². The third-order valence-electron chi connectivity index (χ3n) is 5.18. The molecule has 0 unspecified atom stereocenters. The molecule has 1 aliphatic carbocycles. The van der Waals surface area contributed by atoms with Gasteiger partial charge in [0.25, 0.3) is 5.91 Å². The first-order valence-corrected chi connectivity index (χ1v) is 9.51. The van der Waals surface area contributed by atoms with E-state index in [-0.39, 0.29) is 11.9 Å². The number of aromatic nitrogens is 3. The van der Waals surface area contributed by atoms with Crippen LogP contribution in [0.15, 0.2) is 53.3 Å². The molecule has 1 aromatic carbocycles. The Balaban J connectivity index is 1.59. The lowest BCUT2D eigenvalue weighted by Crippen LogP contribution is -2.41. The molecule has 1 fully saturated rings. The van der Waals surface area contributed by atoms with E-state index >= 15 is 0 Å². The normalized spacial score (nSPS) is 15.0. The fourth-order valence-corrected chi connectivity index (χ4v) is 3.77. The van der Waals surface area contributed by atoms with Crippen LogP contribution in [0.1, 0.15) is 48.2 Å². The minimum absolute atomic E-state index is 0.0725. The molecule has 2 aromatic heterocycles. The molecule has 0 spiro atoms. The summed E-state index contributed by atoms with van der Waals surface area (Å²) in [7, 11) is 1.89. The van der Waals surface area contributed by atoms with Crippen molar-refractivity contribution in [3.63, 3.8) is 0 Å². The van der Waals surface area contributed by atoms with Gasteiger partial charge in [-0.3, -0.25) is 9.48 Å². The van der Waals surface area contributed by atoms with E-state index in [2.05, 4.69) is 10.3 Å². The molecule has 0 N–H and O–H groups in total. The number of rotatable bonds is 5. The van der Waals surface area contributed by atoms with Crippen molar-refractivity contribution in [3.05, 3.63) is 60.0 Å². The predicted molar refractivity (Wildman–Crippen MR) is 102 cm³/mol. The summed E-state index contributed by atoms with van der Waals surface area (Å²) in [6.07, 6.45) is 9.42. The maximum absolute atomic E-state index is 13.3. The topological polar surface area (TPSA) is 64.2 Å². The van der Waals surface area contributed by atoms with Gasteiger partial charge in [0.15, 0.2) is 11.5 Å². The molecule has 6 heteroatoms. The van der Waals surface area contributed by atoms with Crippen LogP contribution < -0.4 is 0 Å². The van der Waals surface area contributed by atoms with Crippen molar-refractivity contribution < 1.29 is 9.32 Å². The van der Waals surface area contributed by atoms with E-state index in [9.17, 15) is 4.79 Å². The highest BCUT2D eigenvalue weighted by Crippen LogP contribution is 2.27. The van der Waals surface area contributed by atoms with E-state index in [0.717, 1.165) is 36.8 Å². The molecule has 6 nitrogen and oxygen atoms in total. The van der Waals surface area contributed by atoms with Crippen molar-refractivity contribution >= 4 is 5.91 Å². The van der Waals surface area contributed by atoms with Crippen LogP contribution >= 0.6 is 0 Å². The van der Waals surface area contributed by atoms with Crippen molar-refractivity contribution in [3.8, 4) is 11.3 Å². The van der Waals surface area contributed by atoms with Crippen LogP contribution in [-0.4, -0.2) is 31.8 Å². The standard InChI is InChI=1S/C21H24N4O2/c1-24-14-16(13-22-24)15-25(18-10-6-3-7-11-18)21(26)19-12-20(27-23-19)17-8-4-2-5-9-17/h2,4-5,8-9,12-14,18H,3,6-7,10-11,15H2,1H3. The van der Waals surface area contributed by atoms with Crippen molar-refractivity contribution in [2.24, 2.45) is 7.05 Å². The van der Waals surface area contributed by atoms with E-state index < -0.39 is 0 Å². The van der Waals surface area contributed by atoms with Gasteiger partial charge >= 0.3 is 0 Å². The Labute approximate surface area is 158 Å². The van der Waals surface area contributed by atoms with Crippen LogP contribution in [0, 0.1) is 0 Å². The van der Waals surface area contributed by atoms with Crippen molar-refractivity contribution in [1.82, 2.24) is 19.8 Å². The summed E-state index contributed by atoms with van der Waals surface area (Å²) >= 11 is 0. The highest BCUT2D eigenvalue weighted by Gasteiger charge is 2.29. The minimum atomic E-state index is -0.0725. The van der Waals surface area contributed by atoms with Crippen molar-refractivity contribution in [2.75, 3.05) is 0 Å². The zero-order valence-electron chi connectivity index (χ0n) is 15.5. The summed E-state index contributed by atoms with van der Waals surface area (Å²) in [5, 5.41) is 8.30. The Morgan fingerprint density at radius 3 is 2.70 bits per heavy atom. The van der Waals surface area contributed by atoms with Gasteiger partial charge in [-0.15, -0.1) is 0 Å². The Bertz CT molecular complexity index is 894. The molecule has 0 bridgehead atoms. The second-order valence-electron chi connectivity index (χ2n) is 7.19. The number of benzene rings is 1. The van der Waals surface area contributed by atoms with Crippen LogP contribution in [0.4, 0.5) is 0 Å². The molecule has 0 radical (unpaired) electrons. The number of hydrogen-bond acceptors (Lipinski definition) is 4. The van der Waals surface area contributed by atoms with E-state index in [0.29, 0.717) is 18.0 Å². The molecule has 140 valence electrons. The van der Waals surface area contributed by atoms with Crippen LogP contribution in [0.3, 0.4) is 0 Å². The summed E-state index contributed by atoms with van der Waals surface area (Å²) in [6.45, 7) is 0.546. The molecule has 0 saturated heterocycles. The quantitative estimate of drug-likeness (QED) is 0.685. The highest BCUT2D eigenvalue weighted by molar-refractivity contribution is 5.93. The van der Waals surface area contributed by atoms with Gasteiger partial charge < -0.3 is 9.42 Å². The molecule has 1 amide bonds. The molecule has 0 atom stereocenters. The Morgan fingerprint density at radius 2 is 2.00 bits per heavy atom. The number of carbonyl (C=O) groups excluding carboxylic acids is 1. The van der Waals surface area contributed by atoms with Gasteiger partial charge in [0, 0.05) is 43.0 Å². The summed E-state index contributed by atoms with van der Waals surface area (Å²) < 4.78 is 7.22. The molecule has 1 aliphatic rings. The Kier molecular flexibility index (Phi) is 5.05. The molecule has 1 saturated carbocycles. The largest absolute Gasteiger partial charge is 0.355 e. The van der Waals surface area contributed by atoms with E-state index in [1.54, 1.807) is 10.7 Å². The number of carbonyl (C=O) groups is 1. The van der Waals surface area contributed by atoms with Gasteiger partial charge in [-0.2, -0.15) is 5.10 Å². The second kappa shape index (κ2) is 7.78. The summed E-state index contributed by atoms with van der Waals surface area (Å²) in [5.74, 6) is 0.542. The summed E-state index contributed by atoms with van der Waals surface area (Å²) in [6, 6.07) is 11.7. The maximum Gasteiger partial charge on any atom is 0.276 e. The molecule has 4 rings (SSSR count). The van der Waals surface area contributed by atoms with E-state index in [4.69, 9.17) is 4.52 Å². The van der Waals surface area contributed by atoms with Gasteiger partial charge in [0.1, 0.15) is 0 Å². The first-order valence-electron chi connectivity index (χ1n) is 9.51. The zero-order valence-corrected chi connectivity index (χ0v) is 15.5. The second-order valence-corrected chi connectivity index (χ2v) is 7.19.